The van der Waals surface area contributed by atoms with Gasteiger partial charge in [-0.05, 0) is 60.2 Å². The van der Waals surface area contributed by atoms with Gasteiger partial charge in [-0.15, -0.1) is 0 Å². The Balaban J connectivity index is 1.27. The highest BCUT2D eigenvalue weighted by Crippen LogP contribution is 2.23. The second kappa shape index (κ2) is 9.08. The van der Waals surface area contributed by atoms with Gasteiger partial charge < -0.3 is 14.4 Å². The molecule has 5 rings (SSSR count). The molecule has 5 aromatic rings. The largest absolute Gasteiger partial charge is 0.457 e. The van der Waals surface area contributed by atoms with Crippen LogP contribution in [0.4, 0.5) is 5.69 Å². The fourth-order valence-electron chi connectivity index (χ4n) is 3.41. The van der Waals surface area contributed by atoms with E-state index in [1.54, 1.807) is 0 Å². The Hall–Kier alpha value is -3.90. The van der Waals surface area contributed by atoms with Crippen molar-refractivity contribution >= 4 is 27.7 Å². The molecule has 0 saturated heterocycles. The number of para-hydroxylation sites is 1. The number of aromatic nitrogens is 2. The third kappa shape index (κ3) is 4.71. The van der Waals surface area contributed by atoms with Crippen molar-refractivity contribution < 1.29 is 8.95 Å². The van der Waals surface area contributed by atoms with Crippen molar-refractivity contribution in [2.45, 2.75) is 11.3 Å². The van der Waals surface area contributed by atoms with Crippen LogP contribution < -0.4 is 9.46 Å². The summed E-state index contributed by atoms with van der Waals surface area (Å²) in [5.41, 5.74) is 3.68. The van der Waals surface area contributed by atoms with E-state index in [1.807, 2.05) is 103 Å². The van der Waals surface area contributed by atoms with Crippen molar-refractivity contribution in [2.24, 2.45) is 0 Å². The smallest absolute Gasteiger partial charge is 0.150 e. The van der Waals surface area contributed by atoms with Gasteiger partial charge in [0.05, 0.1) is 15.9 Å². The van der Waals surface area contributed by atoms with Crippen molar-refractivity contribution in [3.63, 3.8) is 0 Å². The van der Waals surface area contributed by atoms with Gasteiger partial charge in [-0.1, -0.05) is 48.5 Å². The van der Waals surface area contributed by atoms with Crippen LogP contribution in [0.5, 0.6) is 11.5 Å². The Bertz CT molecular complexity index is 1350. The Labute approximate surface area is 188 Å². The number of benzene rings is 4. The summed E-state index contributed by atoms with van der Waals surface area (Å²) in [7, 11) is -1.32. The summed E-state index contributed by atoms with van der Waals surface area (Å²) >= 11 is 0. The van der Waals surface area contributed by atoms with Gasteiger partial charge in [-0.25, -0.2) is 9.19 Å². The number of hydrogen-bond donors (Lipinski definition) is 2. The van der Waals surface area contributed by atoms with Gasteiger partial charge in [0, 0.05) is 12.1 Å². The quantitative estimate of drug-likeness (QED) is 0.323. The minimum atomic E-state index is -1.32. The first-order valence-electron chi connectivity index (χ1n) is 10.3. The fourth-order valence-corrected chi connectivity index (χ4v) is 4.28. The molecule has 32 heavy (non-hydrogen) atoms. The Morgan fingerprint density at radius 3 is 2.25 bits per heavy atom. The zero-order chi connectivity index (χ0) is 21.8. The molecule has 0 amide bonds. The van der Waals surface area contributed by atoms with Crippen LogP contribution in [-0.4, -0.2) is 14.2 Å². The van der Waals surface area contributed by atoms with Crippen molar-refractivity contribution in [3.8, 4) is 11.5 Å². The number of rotatable bonds is 7. The molecule has 4 aromatic carbocycles. The minimum absolute atomic E-state index is 0.680. The van der Waals surface area contributed by atoms with E-state index in [4.69, 9.17) is 4.74 Å². The summed E-state index contributed by atoms with van der Waals surface area (Å²) in [6, 6.07) is 32.8. The van der Waals surface area contributed by atoms with Gasteiger partial charge in [0.2, 0.25) is 0 Å². The number of nitrogens with zero attached hydrogens (tertiary/aromatic N) is 1. The van der Waals surface area contributed by atoms with Crippen molar-refractivity contribution in [3.05, 3.63) is 115 Å². The molecule has 0 bridgehead atoms. The standard InChI is InChI=1S/C26H21N3O2S/c30-32(23-9-5-2-6-10-23)29-20-13-16-24-25(18-20)28-26(27-24)17-19-11-14-22(15-12-19)31-21-7-3-1-4-8-21/h1-16,18,29H,17H2,(H,27,28). The lowest BCUT2D eigenvalue weighted by Gasteiger charge is -2.06. The Morgan fingerprint density at radius 2 is 1.50 bits per heavy atom. The van der Waals surface area contributed by atoms with Crippen LogP contribution in [0.1, 0.15) is 11.4 Å². The predicted octanol–water partition coefficient (Wildman–Crippen LogP) is 6.08. The highest BCUT2D eigenvalue weighted by atomic mass is 32.2. The average Bonchev–Trinajstić information content (AvgIpc) is 3.23. The summed E-state index contributed by atoms with van der Waals surface area (Å²) in [6.07, 6.45) is 0.680. The second-order valence-corrected chi connectivity index (χ2v) is 8.55. The Kier molecular flexibility index (Phi) is 5.68. The molecule has 6 heteroatoms. The zero-order valence-corrected chi connectivity index (χ0v) is 18.0. The van der Waals surface area contributed by atoms with Gasteiger partial charge in [-0.3, -0.25) is 0 Å². The van der Waals surface area contributed by atoms with Crippen LogP contribution in [0, 0.1) is 0 Å². The van der Waals surface area contributed by atoms with E-state index in [9.17, 15) is 4.21 Å². The zero-order valence-electron chi connectivity index (χ0n) is 17.2. The van der Waals surface area contributed by atoms with E-state index in [-0.39, 0.29) is 0 Å². The molecule has 1 unspecified atom stereocenters. The molecule has 0 radical (unpaired) electrons. The highest BCUT2D eigenvalue weighted by molar-refractivity contribution is 7.86. The SMILES string of the molecule is O=S(Nc1ccc2nc(Cc3ccc(Oc4ccccc4)cc3)[nH]c2c1)c1ccccc1. The van der Waals surface area contributed by atoms with E-state index in [2.05, 4.69) is 14.7 Å². The van der Waals surface area contributed by atoms with Gasteiger partial charge >= 0.3 is 0 Å². The van der Waals surface area contributed by atoms with Crippen LogP contribution >= 0.6 is 0 Å². The lowest BCUT2D eigenvalue weighted by Crippen LogP contribution is -2.04. The number of fused-ring (bicyclic) bond motifs is 1. The fraction of sp³-hybridized carbons (Fsp3) is 0.0385. The summed E-state index contributed by atoms with van der Waals surface area (Å²) in [5.74, 6) is 2.49. The molecular weight excluding hydrogens is 418 g/mol. The van der Waals surface area contributed by atoms with Crippen molar-refractivity contribution in [2.75, 3.05) is 4.72 Å². The van der Waals surface area contributed by atoms with Crippen molar-refractivity contribution in [1.29, 1.82) is 0 Å². The number of ether oxygens (including phenoxy) is 1. The Morgan fingerprint density at radius 1 is 0.812 bits per heavy atom. The average molecular weight is 440 g/mol. The lowest BCUT2D eigenvalue weighted by atomic mass is 10.1. The van der Waals surface area contributed by atoms with E-state index < -0.39 is 11.0 Å². The molecule has 1 atom stereocenters. The molecule has 0 aliphatic heterocycles. The monoisotopic (exact) mass is 439 g/mol. The molecule has 158 valence electrons. The van der Waals surface area contributed by atoms with Gasteiger partial charge in [0.15, 0.2) is 0 Å². The molecule has 1 aromatic heterocycles. The molecule has 0 spiro atoms. The molecule has 1 heterocycles. The summed E-state index contributed by atoms with van der Waals surface area (Å²) in [6.45, 7) is 0. The van der Waals surface area contributed by atoms with Crippen LogP contribution in [0.3, 0.4) is 0 Å². The number of imidazole rings is 1. The number of anilines is 1. The van der Waals surface area contributed by atoms with Crippen LogP contribution in [0.25, 0.3) is 11.0 Å². The summed E-state index contributed by atoms with van der Waals surface area (Å²) < 4.78 is 21.4. The highest BCUT2D eigenvalue weighted by Gasteiger charge is 2.08. The van der Waals surface area contributed by atoms with E-state index in [1.165, 1.54) is 0 Å². The normalized spacial score (nSPS) is 11.9. The van der Waals surface area contributed by atoms with E-state index in [0.29, 0.717) is 6.42 Å². The third-order valence-electron chi connectivity index (χ3n) is 4.97. The van der Waals surface area contributed by atoms with Gasteiger partial charge in [-0.2, -0.15) is 0 Å². The maximum absolute atomic E-state index is 12.5. The molecule has 0 aliphatic carbocycles. The number of aromatic amines is 1. The minimum Gasteiger partial charge on any atom is -0.457 e. The second-order valence-electron chi connectivity index (χ2n) is 7.34. The van der Waals surface area contributed by atoms with E-state index in [0.717, 1.165) is 44.5 Å². The van der Waals surface area contributed by atoms with Crippen molar-refractivity contribution in [1.82, 2.24) is 9.97 Å². The maximum Gasteiger partial charge on any atom is 0.150 e. The first-order valence-corrected chi connectivity index (χ1v) is 11.4. The third-order valence-corrected chi connectivity index (χ3v) is 6.09. The van der Waals surface area contributed by atoms with E-state index >= 15 is 0 Å². The lowest BCUT2D eigenvalue weighted by molar-refractivity contribution is 0.482. The first-order chi connectivity index (χ1) is 15.7. The topological polar surface area (TPSA) is 67.0 Å². The number of nitrogens with one attached hydrogen (secondary N) is 2. The maximum atomic E-state index is 12.5. The molecule has 0 fully saturated rings. The van der Waals surface area contributed by atoms with Gasteiger partial charge in [0.1, 0.15) is 28.3 Å². The van der Waals surface area contributed by atoms with Crippen LogP contribution in [0.2, 0.25) is 0 Å². The van der Waals surface area contributed by atoms with Gasteiger partial charge in [0.25, 0.3) is 0 Å². The molecular formula is C26H21N3O2S. The van der Waals surface area contributed by atoms with Crippen LogP contribution in [0.15, 0.2) is 108 Å². The molecule has 2 N–H and O–H groups in total. The predicted molar refractivity (Wildman–Crippen MR) is 128 cm³/mol. The molecule has 0 aliphatic rings. The molecule has 0 saturated carbocycles. The summed E-state index contributed by atoms with van der Waals surface area (Å²) in [5, 5.41) is 0. The number of H-pyrrole nitrogens is 1. The van der Waals surface area contributed by atoms with Crippen LogP contribution in [-0.2, 0) is 17.4 Å². The number of hydrogen-bond acceptors (Lipinski definition) is 3. The first kappa shape index (κ1) is 20.0. The molecule has 5 nitrogen and oxygen atoms in total. The summed E-state index contributed by atoms with van der Waals surface area (Å²) in [4.78, 5) is 8.79.